The Morgan fingerprint density at radius 2 is 2.03 bits per heavy atom. The van der Waals surface area contributed by atoms with Crippen LogP contribution in [0.25, 0.3) is 0 Å². The van der Waals surface area contributed by atoms with Crippen molar-refractivity contribution < 1.29 is 33.5 Å². The number of rotatable bonds is 8. The van der Waals surface area contributed by atoms with E-state index in [-0.39, 0.29) is 40.2 Å². The summed E-state index contributed by atoms with van der Waals surface area (Å²) >= 11 is 0. The maximum atomic E-state index is 12.0. The normalized spacial score (nSPS) is 25.9. The fraction of sp³-hybridized carbons (Fsp3) is 0.450. The highest BCUT2D eigenvalue weighted by Gasteiger charge is 2.45. The third-order valence-electron chi connectivity index (χ3n) is 4.58. The molecule has 2 aliphatic rings. The van der Waals surface area contributed by atoms with E-state index in [1.54, 1.807) is 26.2 Å². The Labute approximate surface area is 169 Å². The number of allylic oxidation sites excluding steroid dienone is 2. The average molecular weight is 406 g/mol. The van der Waals surface area contributed by atoms with Gasteiger partial charge in [-0.3, -0.25) is 9.59 Å². The van der Waals surface area contributed by atoms with Crippen molar-refractivity contribution in [3.05, 3.63) is 37.1 Å². The van der Waals surface area contributed by atoms with Crippen LogP contribution < -0.4 is 5.73 Å². The Bertz CT molecular complexity index is 755. The molecule has 0 aromatic rings. The van der Waals surface area contributed by atoms with E-state index in [1.807, 2.05) is 0 Å². The van der Waals surface area contributed by atoms with Gasteiger partial charge in [-0.05, 0) is 25.0 Å². The molecular weight excluding hydrogens is 378 g/mol. The topological polar surface area (TPSA) is 136 Å². The molecule has 2 rings (SSSR count). The zero-order valence-electron chi connectivity index (χ0n) is 16.7. The number of aliphatic imine (C=N–C) groups is 1. The van der Waals surface area contributed by atoms with Crippen LogP contribution in [0.15, 0.2) is 42.1 Å². The first-order chi connectivity index (χ1) is 13.6. The van der Waals surface area contributed by atoms with Crippen LogP contribution in [0.4, 0.5) is 4.79 Å². The smallest absolute Gasteiger partial charge is 0.451 e. The highest BCUT2D eigenvalue weighted by molar-refractivity contribution is 5.99. The number of carboxylic acid groups (broad SMARTS) is 1. The van der Waals surface area contributed by atoms with Gasteiger partial charge in [-0.2, -0.15) is 4.48 Å². The summed E-state index contributed by atoms with van der Waals surface area (Å²) in [5.41, 5.74) is 5.51. The molecule has 0 aromatic carbocycles. The molecule has 2 aliphatic heterocycles. The fourth-order valence-corrected chi connectivity index (χ4v) is 2.75. The Balaban J connectivity index is 0.000000396. The van der Waals surface area contributed by atoms with Gasteiger partial charge < -0.3 is 15.6 Å². The first kappa shape index (κ1) is 24.1. The summed E-state index contributed by atoms with van der Waals surface area (Å²) < 4.78 is 5.89. The zero-order chi connectivity index (χ0) is 22.0. The molecule has 29 heavy (non-hydrogen) atoms. The van der Waals surface area contributed by atoms with Crippen molar-refractivity contribution in [3.8, 4) is 0 Å². The number of amidine groups is 1. The first-order valence-electron chi connectivity index (χ1n) is 9.30. The lowest BCUT2D eigenvalue weighted by Gasteiger charge is -2.32. The molecule has 0 radical (unpaired) electrons. The number of carboxylic acids is 1. The standard InChI is InChI=1S/C14H19N3O3.C6H8O3/c1-3-10(18)4-5-11-6-7-13(20-11)17(2)9-8-12(15)16-14(17)19;1-2-5(7)3-4-6(8)9/h3,8-9,11,13H,1,4-7H2,2H3,(H-,15,16,19);3-4H,2H2,1H3,(H,8,9)/p+1/b;4-3-. The molecule has 3 unspecified atom stereocenters. The van der Waals surface area contributed by atoms with Gasteiger partial charge in [-0.25, -0.2) is 9.59 Å². The number of ketones is 2. The molecule has 0 bridgehead atoms. The summed E-state index contributed by atoms with van der Waals surface area (Å²) in [4.78, 5) is 47.2. The number of urea groups is 1. The number of carbonyl (C=O) groups excluding carboxylic acids is 3. The molecular formula is C20H28N3O6+. The van der Waals surface area contributed by atoms with E-state index in [1.165, 1.54) is 6.08 Å². The van der Waals surface area contributed by atoms with E-state index in [9.17, 15) is 19.2 Å². The largest absolute Gasteiger partial charge is 0.478 e. The summed E-state index contributed by atoms with van der Waals surface area (Å²) in [5, 5.41) is 8.02. The van der Waals surface area contributed by atoms with Crippen LogP contribution in [0.2, 0.25) is 0 Å². The second-order valence-corrected chi connectivity index (χ2v) is 6.77. The highest BCUT2D eigenvalue weighted by Crippen LogP contribution is 2.31. The quantitative estimate of drug-likeness (QED) is 0.465. The van der Waals surface area contributed by atoms with E-state index in [2.05, 4.69) is 11.6 Å². The van der Waals surface area contributed by atoms with Gasteiger partial charge in [-0.15, -0.1) is 4.99 Å². The summed E-state index contributed by atoms with van der Waals surface area (Å²) in [6.07, 6.45) is 9.34. The number of hydrogen-bond acceptors (Lipinski definition) is 6. The van der Waals surface area contributed by atoms with Crippen molar-refractivity contribution in [1.82, 2.24) is 0 Å². The number of ether oxygens (including phenoxy) is 1. The van der Waals surface area contributed by atoms with Crippen LogP contribution in [0.5, 0.6) is 0 Å². The number of amides is 2. The van der Waals surface area contributed by atoms with Crippen molar-refractivity contribution in [3.63, 3.8) is 0 Å². The van der Waals surface area contributed by atoms with Gasteiger partial charge in [0.2, 0.25) is 6.23 Å². The number of nitrogens with two attached hydrogens (primary N) is 1. The predicted molar refractivity (Wildman–Crippen MR) is 107 cm³/mol. The van der Waals surface area contributed by atoms with E-state index in [0.717, 1.165) is 25.0 Å². The highest BCUT2D eigenvalue weighted by atomic mass is 16.5. The Kier molecular flexibility index (Phi) is 9.30. The lowest BCUT2D eigenvalue weighted by Crippen LogP contribution is -2.53. The minimum atomic E-state index is -1.09. The molecule has 0 saturated carbocycles. The molecule has 2 heterocycles. The Morgan fingerprint density at radius 1 is 1.34 bits per heavy atom. The van der Waals surface area contributed by atoms with Crippen molar-refractivity contribution in [1.29, 1.82) is 0 Å². The van der Waals surface area contributed by atoms with Gasteiger partial charge in [-0.1, -0.05) is 13.5 Å². The molecule has 0 aromatic heterocycles. The number of quaternary nitrogens is 1. The summed E-state index contributed by atoms with van der Waals surface area (Å²) in [5.74, 6) is -1.02. The molecule has 0 spiro atoms. The average Bonchev–Trinajstić information content (AvgIpc) is 3.17. The van der Waals surface area contributed by atoms with Gasteiger partial charge in [0.05, 0.1) is 13.2 Å². The summed E-state index contributed by atoms with van der Waals surface area (Å²) in [6.45, 7) is 5.12. The van der Waals surface area contributed by atoms with Gasteiger partial charge in [0.15, 0.2) is 11.6 Å². The molecule has 1 saturated heterocycles. The van der Waals surface area contributed by atoms with Crippen LogP contribution in [0.3, 0.4) is 0 Å². The third-order valence-corrected chi connectivity index (χ3v) is 4.58. The van der Waals surface area contributed by atoms with Crippen LogP contribution in [0.1, 0.15) is 39.0 Å². The Hall–Kier alpha value is -2.91. The second kappa shape index (κ2) is 11.2. The molecule has 2 amide bonds. The molecule has 3 atom stereocenters. The number of hydrogen-bond donors (Lipinski definition) is 2. The number of carbonyl (C=O) groups is 4. The third kappa shape index (κ3) is 7.55. The van der Waals surface area contributed by atoms with Crippen LogP contribution >= 0.6 is 0 Å². The number of aliphatic carboxylic acids is 1. The molecule has 158 valence electrons. The molecule has 9 heteroatoms. The van der Waals surface area contributed by atoms with Gasteiger partial charge in [0, 0.05) is 31.4 Å². The van der Waals surface area contributed by atoms with Gasteiger partial charge in [0.1, 0.15) is 12.0 Å². The van der Waals surface area contributed by atoms with Gasteiger partial charge in [0.25, 0.3) is 0 Å². The van der Waals surface area contributed by atoms with Crippen LogP contribution in [-0.2, 0) is 19.1 Å². The predicted octanol–water partition coefficient (Wildman–Crippen LogP) is 2.08. The summed E-state index contributed by atoms with van der Waals surface area (Å²) in [6, 6.07) is -0.321. The lowest BCUT2D eigenvalue weighted by molar-refractivity contribution is -0.830. The molecule has 1 fully saturated rings. The number of nitrogens with zero attached hydrogens (tertiary/aromatic N) is 2. The lowest BCUT2D eigenvalue weighted by atomic mass is 10.1. The SMILES string of the molecule is C=CC(=O)CCC1CCC([N+]2(C)C=CC(N)=NC2=O)O1.CCC(=O)/C=C\C(=O)O. The second-order valence-electron chi connectivity index (χ2n) is 6.77. The van der Waals surface area contributed by atoms with Crippen molar-refractivity contribution in [2.24, 2.45) is 10.7 Å². The van der Waals surface area contributed by atoms with Crippen molar-refractivity contribution in [2.75, 3.05) is 7.05 Å². The van der Waals surface area contributed by atoms with E-state index < -0.39 is 5.97 Å². The maximum absolute atomic E-state index is 12.0. The van der Waals surface area contributed by atoms with Crippen LogP contribution in [-0.4, -0.2) is 58.4 Å². The van der Waals surface area contributed by atoms with Crippen molar-refractivity contribution >= 4 is 29.4 Å². The molecule has 9 nitrogen and oxygen atoms in total. The maximum Gasteiger partial charge on any atom is 0.451 e. The van der Waals surface area contributed by atoms with E-state index in [0.29, 0.717) is 19.3 Å². The van der Waals surface area contributed by atoms with Crippen molar-refractivity contribution in [2.45, 2.75) is 51.4 Å². The summed E-state index contributed by atoms with van der Waals surface area (Å²) in [7, 11) is 1.76. The molecule has 0 aliphatic carbocycles. The van der Waals surface area contributed by atoms with Crippen LogP contribution in [0, 0.1) is 0 Å². The monoisotopic (exact) mass is 406 g/mol. The minimum absolute atomic E-state index is 0.00306. The minimum Gasteiger partial charge on any atom is -0.478 e. The Morgan fingerprint density at radius 3 is 2.59 bits per heavy atom. The first-order valence-corrected chi connectivity index (χ1v) is 9.30. The van der Waals surface area contributed by atoms with E-state index in [4.69, 9.17) is 15.6 Å². The molecule has 3 N–H and O–H groups in total. The van der Waals surface area contributed by atoms with E-state index >= 15 is 0 Å². The zero-order valence-corrected chi connectivity index (χ0v) is 16.7. The fourth-order valence-electron chi connectivity index (χ4n) is 2.75. The van der Waals surface area contributed by atoms with Gasteiger partial charge >= 0.3 is 12.0 Å².